The summed E-state index contributed by atoms with van der Waals surface area (Å²) >= 11 is 0.834. The lowest BCUT2D eigenvalue weighted by Crippen LogP contribution is -2.42. The van der Waals surface area contributed by atoms with E-state index in [2.05, 4.69) is 4.72 Å². The number of halogens is 5. The minimum atomic E-state index is -4.62. The smallest absolute Gasteiger partial charge is 0.416 e. The van der Waals surface area contributed by atoms with E-state index in [9.17, 15) is 31.9 Å². The van der Waals surface area contributed by atoms with Gasteiger partial charge in [0.15, 0.2) is 0 Å². The van der Waals surface area contributed by atoms with Crippen molar-refractivity contribution < 1.29 is 36.6 Å². The minimum absolute atomic E-state index is 0.0136. The molecule has 1 fully saturated rings. The van der Waals surface area contributed by atoms with Crippen molar-refractivity contribution in [3.8, 4) is 5.75 Å². The number of anilines is 2. The quantitative estimate of drug-likeness (QED) is 0.420. The Morgan fingerprint density at radius 3 is 2.58 bits per heavy atom. The van der Waals surface area contributed by atoms with Gasteiger partial charge in [-0.15, -0.1) is 0 Å². The molecule has 1 aliphatic rings. The number of nitrogens with one attached hydrogen (secondary N) is 1. The van der Waals surface area contributed by atoms with Crippen LogP contribution in [0.2, 0.25) is 0 Å². The Morgan fingerprint density at radius 2 is 1.97 bits per heavy atom. The van der Waals surface area contributed by atoms with Crippen molar-refractivity contribution in [3.05, 3.63) is 47.5 Å². The number of aromatic carboxylic acids is 1. The Kier molecular flexibility index (Phi) is 6.54. The Hall–Kier alpha value is -2.69. The Balaban J connectivity index is 1.95. The van der Waals surface area contributed by atoms with E-state index < -0.39 is 30.2 Å². The van der Waals surface area contributed by atoms with E-state index in [1.54, 1.807) is 0 Å². The highest BCUT2D eigenvalue weighted by Gasteiger charge is 2.37. The summed E-state index contributed by atoms with van der Waals surface area (Å²) in [5, 5.41) is 9.17. The van der Waals surface area contributed by atoms with Crippen molar-refractivity contribution in [3.63, 3.8) is 0 Å². The molecular weight excluding hydrogens is 443 g/mol. The molecule has 0 amide bonds. The van der Waals surface area contributed by atoms with E-state index in [-0.39, 0.29) is 36.3 Å². The van der Waals surface area contributed by atoms with Crippen LogP contribution in [0.1, 0.15) is 28.8 Å². The SMILES string of the molecule is COc1ccc(C(=O)O)cc1SNc1cc(C(F)(F)F)ccc1N1CCCC(F)(F)C1. The van der Waals surface area contributed by atoms with Gasteiger partial charge in [0, 0.05) is 13.0 Å². The third-order valence-electron chi connectivity index (χ3n) is 4.74. The molecule has 1 saturated heterocycles. The first kappa shape index (κ1) is 23.0. The van der Waals surface area contributed by atoms with E-state index in [4.69, 9.17) is 4.74 Å². The summed E-state index contributed by atoms with van der Waals surface area (Å²) in [5.74, 6) is -3.81. The van der Waals surface area contributed by atoms with Crippen LogP contribution in [0.5, 0.6) is 5.75 Å². The fourth-order valence-corrected chi connectivity index (χ4v) is 4.06. The first-order valence-electron chi connectivity index (χ1n) is 9.18. The van der Waals surface area contributed by atoms with Gasteiger partial charge in [0.1, 0.15) is 5.75 Å². The van der Waals surface area contributed by atoms with Crippen molar-refractivity contribution in [2.24, 2.45) is 0 Å². The highest BCUT2D eigenvalue weighted by molar-refractivity contribution is 8.00. The third kappa shape index (κ3) is 5.52. The van der Waals surface area contributed by atoms with Crippen molar-refractivity contribution in [2.45, 2.75) is 29.8 Å². The molecule has 0 radical (unpaired) electrons. The lowest BCUT2D eigenvalue weighted by Gasteiger charge is -2.35. The van der Waals surface area contributed by atoms with Gasteiger partial charge in [0.25, 0.3) is 5.92 Å². The number of methoxy groups -OCH3 is 1. The molecule has 0 atom stereocenters. The summed E-state index contributed by atoms with van der Waals surface area (Å²) in [5.41, 5.74) is -0.784. The molecule has 2 aromatic rings. The van der Waals surface area contributed by atoms with Crippen LogP contribution in [0, 0.1) is 0 Å². The molecule has 3 rings (SSSR count). The minimum Gasteiger partial charge on any atom is -0.496 e. The molecular formula is C20H19F5N2O3S. The van der Waals surface area contributed by atoms with Crippen molar-refractivity contribution in [1.29, 1.82) is 0 Å². The van der Waals surface area contributed by atoms with Crippen LogP contribution >= 0.6 is 11.9 Å². The average Bonchev–Trinajstić information content (AvgIpc) is 2.70. The maximum Gasteiger partial charge on any atom is 0.416 e. The average molecular weight is 462 g/mol. The highest BCUT2D eigenvalue weighted by Crippen LogP contribution is 2.40. The van der Waals surface area contributed by atoms with Gasteiger partial charge in [-0.25, -0.2) is 13.6 Å². The second-order valence-corrected chi connectivity index (χ2v) is 7.83. The molecule has 0 saturated carbocycles. The van der Waals surface area contributed by atoms with Crippen molar-refractivity contribution in [2.75, 3.05) is 29.8 Å². The van der Waals surface area contributed by atoms with Crippen molar-refractivity contribution in [1.82, 2.24) is 0 Å². The van der Waals surface area contributed by atoms with Gasteiger partial charge in [-0.05, 0) is 54.8 Å². The van der Waals surface area contributed by atoms with Gasteiger partial charge in [0.05, 0.1) is 41.1 Å². The Labute approximate surface area is 179 Å². The number of carboxylic acids is 1. The molecule has 2 N–H and O–H groups in total. The van der Waals surface area contributed by atoms with Crippen LogP contribution in [0.3, 0.4) is 0 Å². The molecule has 5 nitrogen and oxygen atoms in total. The normalized spacial score (nSPS) is 16.1. The summed E-state index contributed by atoms with van der Waals surface area (Å²) < 4.78 is 75.4. The zero-order chi connectivity index (χ0) is 22.8. The molecule has 0 aliphatic carbocycles. The largest absolute Gasteiger partial charge is 0.496 e. The van der Waals surface area contributed by atoms with Crippen molar-refractivity contribution >= 4 is 29.3 Å². The number of carbonyl (C=O) groups is 1. The molecule has 31 heavy (non-hydrogen) atoms. The molecule has 0 unspecified atom stereocenters. The van der Waals surface area contributed by atoms with Crippen LogP contribution in [0.25, 0.3) is 0 Å². The van der Waals surface area contributed by atoms with E-state index >= 15 is 0 Å². The van der Waals surface area contributed by atoms with Gasteiger partial charge >= 0.3 is 12.1 Å². The summed E-state index contributed by atoms with van der Waals surface area (Å²) in [6.45, 7) is -0.326. The number of piperidine rings is 1. The third-order valence-corrected chi connectivity index (χ3v) is 5.60. The summed E-state index contributed by atoms with van der Waals surface area (Å²) in [7, 11) is 1.37. The van der Waals surface area contributed by atoms with Crippen LogP contribution in [-0.4, -0.2) is 37.2 Å². The number of ether oxygens (including phenoxy) is 1. The van der Waals surface area contributed by atoms with Gasteiger partial charge in [-0.1, -0.05) is 0 Å². The molecule has 2 aromatic carbocycles. The predicted molar refractivity (Wildman–Crippen MR) is 107 cm³/mol. The summed E-state index contributed by atoms with van der Waals surface area (Å²) in [6.07, 6.45) is -4.69. The van der Waals surface area contributed by atoms with Gasteiger partial charge in [-0.2, -0.15) is 13.2 Å². The van der Waals surface area contributed by atoms with Gasteiger partial charge in [0.2, 0.25) is 0 Å². The van der Waals surface area contributed by atoms with E-state index in [0.717, 1.165) is 30.1 Å². The second kappa shape index (κ2) is 8.81. The summed E-state index contributed by atoms with van der Waals surface area (Å²) in [4.78, 5) is 12.9. The predicted octanol–water partition coefficient (Wildman–Crippen LogP) is 5.77. The number of benzene rings is 2. The van der Waals surface area contributed by atoms with E-state index in [1.807, 2.05) is 0 Å². The second-order valence-electron chi connectivity index (χ2n) is 6.99. The first-order valence-corrected chi connectivity index (χ1v) is 10.00. The Bertz CT molecular complexity index is 968. The fraction of sp³-hybridized carbons (Fsp3) is 0.350. The molecule has 1 heterocycles. The Morgan fingerprint density at radius 1 is 1.23 bits per heavy atom. The first-order chi connectivity index (χ1) is 14.5. The number of hydrogen-bond acceptors (Lipinski definition) is 5. The number of alkyl halides is 5. The zero-order valence-electron chi connectivity index (χ0n) is 16.3. The van der Waals surface area contributed by atoms with Crippen LogP contribution in [0.15, 0.2) is 41.3 Å². The van der Waals surface area contributed by atoms with Crippen LogP contribution in [0.4, 0.5) is 33.3 Å². The lowest BCUT2D eigenvalue weighted by molar-refractivity contribution is -0.137. The monoisotopic (exact) mass is 462 g/mol. The topological polar surface area (TPSA) is 61.8 Å². The molecule has 0 bridgehead atoms. The van der Waals surface area contributed by atoms with E-state index in [1.165, 1.54) is 30.2 Å². The fourth-order valence-electron chi connectivity index (χ4n) is 3.24. The zero-order valence-corrected chi connectivity index (χ0v) is 17.1. The lowest BCUT2D eigenvalue weighted by atomic mass is 10.1. The molecule has 11 heteroatoms. The maximum absolute atomic E-state index is 13.9. The van der Waals surface area contributed by atoms with E-state index in [0.29, 0.717) is 10.6 Å². The van der Waals surface area contributed by atoms with Gasteiger partial charge < -0.3 is 19.5 Å². The molecule has 1 aliphatic heterocycles. The van der Waals surface area contributed by atoms with Gasteiger partial charge in [-0.3, -0.25) is 0 Å². The molecule has 168 valence electrons. The molecule has 0 spiro atoms. The molecule has 0 aromatic heterocycles. The standard InChI is InChI=1S/C20H19F5N2O3S/c1-30-16-6-3-12(18(28)29)9-17(16)31-26-14-10-13(20(23,24)25)4-5-15(14)27-8-2-7-19(21,22)11-27/h3-6,9-10,26H,2,7-8,11H2,1H3,(H,28,29). The number of carboxylic acid groups (broad SMARTS) is 1. The van der Waals surface area contributed by atoms with Crippen LogP contribution < -0.4 is 14.4 Å². The number of hydrogen-bond donors (Lipinski definition) is 2. The highest BCUT2D eigenvalue weighted by atomic mass is 32.2. The number of nitrogens with zero attached hydrogens (tertiary/aromatic N) is 1. The summed E-state index contributed by atoms with van der Waals surface area (Å²) in [6, 6.07) is 6.92. The van der Waals surface area contributed by atoms with Crippen LogP contribution in [-0.2, 0) is 6.18 Å². The number of rotatable bonds is 6. The maximum atomic E-state index is 13.9.